The summed E-state index contributed by atoms with van der Waals surface area (Å²) in [6.45, 7) is 2.94. The van der Waals surface area contributed by atoms with Gasteiger partial charge in [-0.3, -0.25) is 0 Å². The molecule has 72 valence electrons. The van der Waals surface area contributed by atoms with Gasteiger partial charge in [-0.15, -0.1) is 0 Å². The predicted molar refractivity (Wildman–Crippen MR) is 47.8 cm³/mol. The third-order valence-electron chi connectivity index (χ3n) is 2.31. The first-order valence-corrected chi connectivity index (χ1v) is 4.56. The van der Waals surface area contributed by atoms with E-state index in [0.29, 0.717) is 5.95 Å². The summed E-state index contributed by atoms with van der Waals surface area (Å²) in [5.41, 5.74) is 0.825. The van der Waals surface area contributed by atoms with Gasteiger partial charge >= 0.3 is 5.95 Å². The predicted octanol–water partition coefficient (Wildman–Crippen LogP) is 1.42. The Labute approximate surface area is 77.3 Å². The number of nitrogens with zero attached hydrogens (tertiary/aromatic N) is 1. The summed E-state index contributed by atoms with van der Waals surface area (Å²) >= 11 is 0. The van der Waals surface area contributed by atoms with Gasteiger partial charge in [-0.1, -0.05) is 0 Å². The maximum atomic E-state index is 5.45. The Morgan fingerprint density at radius 2 is 2.46 bits per heavy atom. The molecule has 0 saturated carbocycles. The van der Waals surface area contributed by atoms with Gasteiger partial charge in [-0.2, -0.15) is 0 Å². The van der Waals surface area contributed by atoms with Gasteiger partial charge in [0.05, 0.1) is 13.2 Å². The van der Waals surface area contributed by atoms with E-state index in [2.05, 4.69) is 10.3 Å². The van der Waals surface area contributed by atoms with Crippen molar-refractivity contribution >= 4 is 0 Å². The van der Waals surface area contributed by atoms with Crippen LogP contribution in [0.3, 0.4) is 0 Å². The van der Waals surface area contributed by atoms with Gasteiger partial charge in [0.25, 0.3) is 0 Å². The van der Waals surface area contributed by atoms with Gasteiger partial charge in [0.1, 0.15) is 5.69 Å². The molecule has 0 amide bonds. The highest BCUT2D eigenvalue weighted by molar-refractivity contribution is 5.15. The molecule has 0 spiro atoms. The van der Waals surface area contributed by atoms with E-state index in [4.69, 9.17) is 9.15 Å². The monoisotopic (exact) mass is 182 g/mol. The molecule has 0 radical (unpaired) electrons. The number of aromatic nitrogens is 1. The molecular formula is C9H14N2O2. The number of nitrogens with one attached hydrogen (secondary N) is 1. The maximum absolute atomic E-state index is 5.45. The topological polar surface area (TPSA) is 47.3 Å². The molecule has 1 N–H and O–H groups in total. The number of hydrogen-bond acceptors (Lipinski definition) is 4. The van der Waals surface area contributed by atoms with Gasteiger partial charge in [0.15, 0.2) is 0 Å². The molecule has 0 bridgehead atoms. The molecule has 1 fully saturated rings. The van der Waals surface area contributed by atoms with Crippen LogP contribution in [-0.4, -0.2) is 18.6 Å². The van der Waals surface area contributed by atoms with E-state index in [-0.39, 0.29) is 6.04 Å². The van der Waals surface area contributed by atoms with Crippen molar-refractivity contribution in [2.45, 2.75) is 25.8 Å². The first-order valence-electron chi connectivity index (χ1n) is 4.56. The van der Waals surface area contributed by atoms with Gasteiger partial charge in [-0.25, -0.2) is 4.98 Å². The quantitative estimate of drug-likeness (QED) is 0.751. The minimum atomic E-state index is 0.280. The van der Waals surface area contributed by atoms with E-state index in [1.807, 2.05) is 6.92 Å². The van der Waals surface area contributed by atoms with E-state index in [9.17, 15) is 0 Å². The van der Waals surface area contributed by atoms with E-state index in [0.717, 1.165) is 24.6 Å². The van der Waals surface area contributed by atoms with Crippen molar-refractivity contribution in [3.63, 3.8) is 0 Å². The molecule has 1 aromatic rings. The standard InChI is InChI=1S/C9H14N2O2/c1-6-9(12-2)13-8(11-6)7-4-3-5-10-7/h7,10H,3-5H2,1-2H3/t7-/m0/s1. The highest BCUT2D eigenvalue weighted by Crippen LogP contribution is 2.27. The summed E-state index contributed by atoms with van der Waals surface area (Å²) in [6, 6.07) is 0.280. The number of methoxy groups -OCH3 is 1. The third-order valence-corrected chi connectivity index (χ3v) is 2.31. The molecule has 2 heterocycles. The van der Waals surface area contributed by atoms with Crippen molar-refractivity contribution < 1.29 is 9.15 Å². The minimum absolute atomic E-state index is 0.280. The van der Waals surface area contributed by atoms with Gasteiger partial charge in [0.2, 0.25) is 5.89 Å². The molecule has 0 aliphatic carbocycles. The van der Waals surface area contributed by atoms with Gasteiger partial charge in [-0.05, 0) is 26.3 Å². The van der Waals surface area contributed by atoms with Crippen LogP contribution < -0.4 is 10.1 Å². The maximum Gasteiger partial charge on any atom is 0.308 e. The lowest BCUT2D eigenvalue weighted by molar-refractivity contribution is 0.281. The van der Waals surface area contributed by atoms with Gasteiger partial charge < -0.3 is 14.5 Å². The SMILES string of the molecule is COc1oc([C@@H]2CCCN2)nc1C. The van der Waals surface area contributed by atoms with Gasteiger partial charge in [0, 0.05) is 0 Å². The average Bonchev–Trinajstić information content (AvgIpc) is 2.71. The Morgan fingerprint density at radius 1 is 1.62 bits per heavy atom. The van der Waals surface area contributed by atoms with Crippen LogP contribution in [0.1, 0.15) is 30.5 Å². The molecule has 0 unspecified atom stereocenters. The second kappa shape index (κ2) is 3.38. The van der Waals surface area contributed by atoms with Crippen molar-refractivity contribution in [1.29, 1.82) is 0 Å². The lowest BCUT2D eigenvalue weighted by Gasteiger charge is -2.02. The highest BCUT2D eigenvalue weighted by atomic mass is 16.6. The molecule has 13 heavy (non-hydrogen) atoms. The molecule has 1 saturated heterocycles. The lowest BCUT2D eigenvalue weighted by atomic mass is 10.2. The second-order valence-electron chi connectivity index (χ2n) is 3.28. The molecule has 0 aromatic carbocycles. The summed E-state index contributed by atoms with van der Waals surface area (Å²) < 4.78 is 10.5. The highest BCUT2D eigenvalue weighted by Gasteiger charge is 2.22. The third kappa shape index (κ3) is 1.54. The Morgan fingerprint density at radius 3 is 3.00 bits per heavy atom. The number of rotatable bonds is 2. The summed E-state index contributed by atoms with van der Waals surface area (Å²) in [5, 5.41) is 3.33. The first kappa shape index (κ1) is 8.56. The molecule has 4 nitrogen and oxygen atoms in total. The summed E-state index contributed by atoms with van der Waals surface area (Å²) in [5.74, 6) is 1.29. The molecule has 1 aliphatic rings. The Bertz CT molecular complexity index is 290. The summed E-state index contributed by atoms with van der Waals surface area (Å²) in [4.78, 5) is 4.31. The van der Waals surface area contributed by atoms with Crippen LogP contribution in [0.15, 0.2) is 4.42 Å². The van der Waals surface area contributed by atoms with Crippen molar-refractivity contribution in [3.8, 4) is 5.95 Å². The van der Waals surface area contributed by atoms with Crippen LogP contribution in [0.4, 0.5) is 0 Å². The Balaban J connectivity index is 2.20. The fourth-order valence-electron chi connectivity index (χ4n) is 1.64. The molecular weight excluding hydrogens is 168 g/mol. The normalized spacial score (nSPS) is 22.2. The smallest absolute Gasteiger partial charge is 0.308 e. The van der Waals surface area contributed by atoms with Crippen LogP contribution in [0.2, 0.25) is 0 Å². The van der Waals surface area contributed by atoms with Crippen molar-refractivity contribution in [2.24, 2.45) is 0 Å². The molecule has 1 atom stereocenters. The number of hydrogen-bond donors (Lipinski definition) is 1. The van der Waals surface area contributed by atoms with Crippen LogP contribution >= 0.6 is 0 Å². The van der Waals surface area contributed by atoms with Crippen LogP contribution in [-0.2, 0) is 0 Å². The minimum Gasteiger partial charge on any atom is -0.467 e. The molecule has 4 heteroatoms. The second-order valence-corrected chi connectivity index (χ2v) is 3.28. The van der Waals surface area contributed by atoms with Crippen LogP contribution in [0.5, 0.6) is 5.95 Å². The largest absolute Gasteiger partial charge is 0.467 e. The van der Waals surface area contributed by atoms with Crippen molar-refractivity contribution in [1.82, 2.24) is 10.3 Å². The van der Waals surface area contributed by atoms with E-state index < -0.39 is 0 Å². The average molecular weight is 182 g/mol. The lowest BCUT2D eigenvalue weighted by Crippen LogP contribution is -2.12. The Hall–Kier alpha value is -1.03. The number of aryl methyl sites for hydroxylation is 1. The van der Waals surface area contributed by atoms with E-state index >= 15 is 0 Å². The molecule has 1 aromatic heterocycles. The zero-order valence-corrected chi connectivity index (χ0v) is 7.96. The zero-order chi connectivity index (χ0) is 9.26. The molecule has 2 rings (SSSR count). The van der Waals surface area contributed by atoms with Crippen molar-refractivity contribution in [3.05, 3.63) is 11.6 Å². The van der Waals surface area contributed by atoms with E-state index in [1.165, 1.54) is 6.42 Å². The Kier molecular flexibility index (Phi) is 2.22. The fraction of sp³-hybridized carbons (Fsp3) is 0.667. The van der Waals surface area contributed by atoms with Crippen LogP contribution in [0.25, 0.3) is 0 Å². The summed E-state index contributed by atoms with van der Waals surface area (Å²) in [6.07, 6.45) is 2.29. The van der Waals surface area contributed by atoms with Crippen LogP contribution in [0, 0.1) is 6.92 Å². The zero-order valence-electron chi connectivity index (χ0n) is 7.96. The first-order chi connectivity index (χ1) is 6.31. The fourth-order valence-corrected chi connectivity index (χ4v) is 1.64. The number of ether oxygens (including phenoxy) is 1. The summed E-state index contributed by atoms with van der Waals surface area (Å²) in [7, 11) is 1.60. The van der Waals surface area contributed by atoms with E-state index in [1.54, 1.807) is 7.11 Å². The number of oxazole rings is 1. The van der Waals surface area contributed by atoms with Crippen molar-refractivity contribution in [2.75, 3.05) is 13.7 Å². The molecule has 1 aliphatic heterocycles.